The van der Waals surface area contributed by atoms with E-state index in [1.165, 1.54) is 36.5 Å². The van der Waals surface area contributed by atoms with Crippen molar-refractivity contribution < 1.29 is 9.85 Å². The van der Waals surface area contributed by atoms with Crippen LogP contribution in [0.2, 0.25) is 5.02 Å². The van der Waals surface area contributed by atoms with Gasteiger partial charge in [-0.1, -0.05) is 11.6 Å². The van der Waals surface area contributed by atoms with Crippen LogP contribution in [0.25, 0.3) is 0 Å². The summed E-state index contributed by atoms with van der Waals surface area (Å²) in [5, 5.41) is 25.3. The summed E-state index contributed by atoms with van der Waals surface area (Å²) in [6.07, 6.45) is 2.37. The Labute approximate surface area is 128 Å². The second kappa shape index (κ2) is 6.59. The molecule has 0 saturated heterocycles. The van der Waals surface area contributed by atoms with E-state index in [4.69, 9.17) is 11.6 Å². The van der Waals surface area contributed by atoms with Crippen LogP contribution < -0.4 is 5.43 Å². The van der Waals surface area contributed by atoms with E-state index in [1.807, 2.05) is 0 Å². The fourth-order valence-electron chi connectivity index (χ4n) is 1.47. The lowest BCUT2D eigenvalue weighted by Crippen LogP contribution is -1.96. The lowest BCUT2D eigenvalue weighted by molar-refractivity contribution is -0.385. The highest BCUT2D eigenvalue weighted by Crippen LogP contribution is 2.20. The van der Waals surface area contributed by atoms with Crippen LogP contribution in [0.5, 0.6) is 0 Å². The molecule has 2 rings (SSSR count). The monoisotopic (exact) mass is 321 g/mol. The average Bonchev–Trinajstić information content (AvgIpc) is 2.49. The van der Waals surface area contributed by atoms with E-state index >= 15 is 0 Å². The quantitative estimate of drug-likeness (QED) is 0.513. The van der Waals surface area contributed by atoms with E-state index < -0.39 is 9.85 Å². The topological polar surface area (TPSA) is 124 Å². The van der Waals surface area contributed by atoms with E-state index in [0.717, 1.165) is 6.20 Å². The molecule has 1 aromatic carbocycles. The van der Waals surface area contributed by atoms with Crippen molar-refractivity contribution in [3.8, 4) is 0 Å². The molecule has 0 unspecified atom stereocenters. The van der Waals surface area contributed by atoms with Crippen molar-refractivity contribution in [2.45, 2.75) is 0 Å². The first kappa shape index (κ1) is 15.3. The molecule has 0 aliphatic rings. The minimum absolute atomic E-state index is 0.112. The number of hydrazone groups is 1. The van der Waals surface area contributed by atoms with Gasteiger partial charge in [-0.05, 0) is 12.1 Å². The normalized spacial score (nSPS) is 10.6. The van der Waals surface area contributed by atoms with Crippen LogP contribution in [0.4, 0.5) is 17.2 Å². The van der Waals surface area contributed by atoms with Gasteiger partial charge in [-0.15, -0.1) is 0 Å². The van der Waals surface area contributed by atoms with Crippen LogP contribution in [-0.4, -0.2) is 21.0 Å². The fraction of sp³-hybridized carbons (Fsp3) is 0. The third-order valence-electron chi connectivity index (χ3n) is 2.53. The molecule has 0 bridgehead atoms. The Hall–Kier alpha value is -3.07. The summed E-state index contributed by atoms with van der Waals surface area (Å²) in [6.45, 7) is 0. The van der Waals surface area contributed by atoms with E-state index in [2.05, 4.69) is 15.5 Å². The smallest absolute Gasteiger partial charge is 0.261 e. The second-order valence-corrected chi connectivity index (χ2v) is 4.40. The number of non-ortho nitro benzene ring substituents is 1. The van der Waals surface area contributed by atoms with Gasteiger partial charge in [0.2, 0.25) is 0 Å². The van der Waals surface area contributed by atoms with Crippen molar-refractivity contribution in [3.63, 3.8) is 0 Å². The number of nitro groups is 2. The van der Waals surface area contributed by atoms with Gasteiger partial charge in [0.05, 0.1) is 16.1 Å². The van der Waals surface area contributed by atoms with E-state index in [0.29, 0.717) is 10.6 Å². The minimum atomic E-state index is -0.567. The molecule has 2 aromatic rings. The number of nitro benzene ring substituents is 1. The third kappa shape index (κ3) is 3.73. The number of hydrogen-bond acceptors (Lipinski definition) is 7. The number of anilines is 1. The number of nitrogens with zero attached hydrogens (tertiary/aromatic N) is 4. The molecular formula is C12H8ClN5O4. The Bertz CT molecular complexity index is 748. The van der Waals surface area contributed by atoms with Crippen molar-refractivity contribution in [1.82, 2.24) is 4.98 Å². The van der Waals surface area contributed by atoms with Crippen molar-refractivity contribution in [2.24, 2.45) is 5.10 Å². The van der Waals surface area contributed by atoms with E-state index in [-0.39, 0.29) is 17.2 Å². The molecule has 9 nitrogen and oxygen atoms in total. The maximum atomic E-state index is 10.7. The van der Waals surface area contributed by atoms with Gasteiger partial charge in [-0.3, -0.25) is 25.7 Å². The largest absolute Gasteiger partial charge is 0.287 e. The van der Waals surface area contributed by atoms with Crippen molar-refractivity contribution >= 4 is 35.0 Å². The number of pyridine rings is 1. The molecule has 0 spiro atoms. The van der Waals surface area contributed by atoms with Crippen LogP contribution in [-0.2, 0) is 0 Å². The Morgan fingerprint density at radius 2 is 1.82 bits per heavy atom. The number of nitrogens with one attached hydrogen (secondary N) is 1. The minimum Gasteiger partial charge on any atom is -0.261 e. The predicted octanol–water partition coefficient (Wildman–Crippen LogP) is 3.00. The highest BCUT2D eigenvalue weighted by Gasteiger charge is 2.08. The van der Waals surface area contributed by atoms with Crippen LogP contribution >= 0.6 is 11.6 Å². The molecule has 10 heteroatoms. The van der Waals surface area contributed by atoms with Gasteiger partial charge in [0.25, 0.3) is 11.4 Å². The molecule has 1 aromatic heterocycles. The van der Waals surface area contributed by atoms with Crippen LogP contribution in [0.15, 0.2) is 41.6 Å². The summed E-state index contributed by atoms with van der Waals surface area (Å²) in [6, 6.07) is 6.60. The summed E-state index contributed by atoms with van der Waals surface area (Å²) in [4.78, 5) is 23.8. The van der Waals surface area contributed by atoms with Crippen LogP contribution in [0, 0.1) is 20.2 Å². The van der Waals surface area contributed by atoms with Gasteiger partial charge >= 0.3 is 0 Å². The highest BCUT2D eigenvalue weighted by molar-refractivity contribution is 6.33. The second-order valence-electron chi connectivity index (χ2n) is 3.99. The molecule has 0 saturated carbocycles. The summed E-state index contributed by atoms with van der Waals surface area (Å²) in [5.41, 5.74) is 2.64. The molecule has 0 atom stereocenters. The average molecular weight is 322 g/mol. The lowest BCUT2D eigenvalue weighted by Gasteiger charge is -2.00. The van der Waals surface area contributed by atoms with Gasteiger partial charge in [0, 0.05) is 28.8 Å². The molecule has 0 aliphatic heterocycles. The molecular weight excluding hydrogens is 314 g/mol. The van der Waals surface area contributed by atoms with Crippen molar-refractivity contribution in [2.75, 3.05) is 5.43 Å². The molecule has 0 aliphatic carbocycles. The van der Waals surface area contributed by atoms with Crippen molar-refractivity contribution in [1.29, 1.82) is 0 Å². The van der Waals surface area contributed by atoms with E-state index in [9.17, 15) is 20.2 Å². The lowest BCUT2D eigenvalue weighted by atomic mass is 10.2. The maximum Gasteiger partial charge on any atom is 0.287 e. The SMILES string of the molecule is O=[N+]([O-])c1ccc(N/N=C\c2cc([N+](=O)[O-])ccc2Cl)nc1. The first-order valence-electron chi connectivity index (χ1n) is 5.81. The number of halogens is 1. The zero-order valence-corrected chi connectivity index (χ0v) is 11.6. The number of aromatic nitrogens is 1. The van der Waals surface area contributed by atoms with Crippen molar-refractivity contribution in [3.05, 3.63) is 67.3 Å². The molecule has 0 amide bonds. The maximum absolute atomic E-state index is 10.7. The number of benzene rings is 1. The summed E-state index contributed by atoms with van der Waals surface area (Å²) >= 11 is 5.91. The summed E-state index contributed by atoms with van der Waals surface area (Å²) in [5.74, 6) is 0.281. The highest BCUT2D eigenvalue weighted by atomic mass is 35.5. The van der Waals surface area contributed by atoms with Gasteiger partial charge in [-0.25, -0.2) is 4.98 Å². The number of rotatable bonds is 5. The zero-order valence-electron chi connectivity index (χ0n) is 10.8. The Morgan fingerprint density at radius 3 is 2.41 bits per heavy atom. The van der Waals surface area contributed by atoms with Gasteiger partial charge in [0.1, 0.15) is 12.0 Å². The summed E-state index contributed by atoms with van der Waals surface area (Å²) < 4.78 is 0. The van der Waals surface area contributed by atoms with Crippen LogP contribution in [0.1, 0.15) is 5.56 Å². The van der Waals surface area contributed by atoms with Gasteiger partial charge in [-0.2, -0.15) is 5.10 Å². The fourth-order valence-corrected chi connectivity index (χ4v) is 1.64. The third-order valence-corrected chi connectivity index (χ3v) is 2.88. The molecule has 0 fully saturated rings. The molecule has 22 heavy (non-hydrogen) atoms. The van der Waals surface area contributed by atoms with E-state index in [1.54, 1.807) is 0 Å². The molecule has 1 heterocycles. The molecule has 112 valence electrons. The predicted molar refractivity (Wildman–Crippen MR) is 80.2 cm³/mol. The Kier molecular flexibility index (Phi) is 4.59. The standard InChI is InChI=1S/C12H8ClN5O4/c13-11-3-1-9(17(19)20)5-8(11)6-15-16-12-4-2-10(7-14-12)18(21)22/h1-7H,(H,14,16)/b15-6-. The van der Waals surface area contributed by atoms with Gasteiger partial charge < -0.3 is 0 Å². The zero-order chi connectivity index (χ0) is 16.1. The number of hydrogen-bond donors (Lipinski definition) is 1. The Morgan fingerprint density at radius 1 is 1.14 bits per heavy atom. The summed E-state index contributed by atoms with van der Waals surface area (Å²) in [7, 11) is 0. The molecule has 1 N–H and O–H groups in total. The van der Waals surface area contributed by atoms with Gasteiger partial charge in [0.15, 0.2) is 0 Å². The first-order chi connectivity index (χ1) is 10.5. The first-order valence-corrected chi connectivity index (χ1v) is 6.18. The molecule has 0 radical (unpaired) electrons. The Balaban J connectivity index is 2.10. The van der Waals surface area contributed by atoms with Crippen LogP contribution in [0.3, 0.4) is 0 Å².